The molecule has 0 atom stereocenters. The van der Waals surface area contributed by atoms with E-state index in [0.717, 1.165) is 10.8 Å². The Kier molecular flexibility index (Phi) is 4.58. The third-order valence-electron chi connectivity index (χ3n) is 2.02. The second kappa shape index (κ2) is 5.75. The van der Waals surface area contributed by atoms with Crippen LogP contribution in [0.1, 0.15) is 10.4 Å². The molecule has 4 N–H and O–H groups in total. The van der Waals surface area contributed by atoms with E-state index >= 15 is 0 Å². The average molecular weight is 270 g/mol. The fraction of sp³-hybridized carbons (Fsp3) is 0. The van der Waals surface area contributed by atoms with Gasteiger partial charge in [0, 0.05) is 0 Å². The van der Waals surface area contributed by atoms with Crippen LogP contribution in [0.4, 0.5) is 0 Å². The molecular weight excluding hydrogens is 259 g/mol. The molecule has 0 saturated carbocycles. The standard InChI is InChI=1S/C11H8O2.H3O4P/c12-11(13)10-7-3-5-8-4-1-2-6-9(8)10;1-5(2,3)4/h1-7H,(H,12,13);(H3,1,2,3,4). The molecule has 0 spiro atoms. The maximum absolute atomic E-state index is 10.8. The van der Waals surface area contributed by atoms with Gasteiger partial charge < -0.3 is 19.8 Å². The number of fused-ring (bicyclic) bond motifs is 1. The second-order valence-corrected chi connectivity index (χ2v) is 4.37. The van der Waals surface area contributed by atoms with Crippen LogP contribution in [-0.4, -0.2) is 25.8 Å². The van der Waals surface area contributed by atoms with Crippen LogP contribution < -0.4 is 0 Å². The Bertz CT molecular complexity index is 590. The third-order valence-corrected chi connectivity index (χ3v) is 2.02. The van der Waals surface area contributed by atoms with Crippen LogP contribution in [0.5, 0.6) is 0 Å². The molecular formula is C11H11O6P. The summed E-state index contributed by atoms with van der Waals surface area (Å²) in [6, 6.07) is 12.7. The van der Waals surface area contributed by atoms with Crippen molar-refractivity contribution in [2.24, 2.45) is 0 Å². The normalized spacial score (nSPS) is 10.6. The summed E-state index contributed by atoms with van der Waals surface area (Å²) >= 11 is 0. The SMILES string of the molecule is O=C(O)c1cccc2ccccc12.O=P(O)(O)O. The van der Waals surface area contributed by atoms with Crippen molar-refractivity contribution in [2.75, 3.05) is 0 Å². The Hall–Kier alpha value is -1.72. The molecule has 0 saturated heterocycles. The number of hydrogen-bond donors (Lipinski definition) is 4. The lowest BCUT2D eigenvalue weighted by Gasteiger charge is -2.00. The van der Waals surface area contributed by atoms with Gasteiger partial charge in [-0.1, -0.05) is 36.4 Å². The largest absolute Gasteiger partial charge is 0.478 e. The molecule has 2 rings (SSSR count). The third kappa shape index (κ3) is 4.65. The maximum atomic E-state index is 10.8. The van der Waals surface area contributed by atoms with E-state index < -0.39 is 13.8 Å². The van der Waals surface area contributed by atoms with Gasteiger partial charge in [0.1, 0.15) is 0 Å². The van der Waals surface area contributed by atoms with Crippen molar-refractivity contribution in [3.05, 3.63) is 48.0 Å². The number of rotatable bonds is 1. The highest BCUT2D eigenvalue weighted by Crippen LogP contribution is 2.25. The van der Waals surface area contributed by atoms with Gasteiger partial charge in [-0.3, -0.25) is 0 Å². The predicted octanol–water partition coefficient (Wildman–Crippen LogP) is 1.61. The highest BCUT2D eigenvalue weighted by Gasteiger charge is 2.05. The first-order valence-electron chi connectivity index (χ1n) is 4.78. The van der Waals surface area contributed by atoms with Gasteiger partial charge in [0.05, 0.1) is 5.56 Å². The minimum atomic E-state index is -4.64. The van der Waals surface area contributed by atoms with E-state index in [2.05, 4.69) is 0 Å². The van der Waals surface area contributed by atoms with Crippen molar-refractivity contribution in [1.82, 2.24) is 0 Å². The van der Waals surface area contributed by atoms with Gasteiger partial charge in [0.2, 0.25) is 0 Å². The fourth-order valence-electron chi connectivity index (χ4n) is 1.41. The summed E-state index contributed by atoms with van der Waals surface area (Å²) in [6.07, 6.45) is 0. The molecule has 0 aliphatic heterocycles. The van der Waals surface area contributed by atoms with Crippen LogP contribution in [0, 0.1) is 0 Å². The summed E-state index contributed by atoms with van der Waals surface area (Å²) in [4.78, 5) is 32.4. The number of aromatic carboxylic acids is 1. The van der Waals surface area contributed by atoms with E-state index in [0.29, 0.717) is 5.56 Å². The smallest absolute Gasteiger partial charge is 0.466 e. The second-order valence-electron chi connectivity index (χ2n) is 3.35. The average Bonchev–Trinajstić information content (AvgIpc) is 2.26. The van der Waals surface area contributed by atoms with Gasteiger partial charge in [0.25, 0.3) is 0 Å². The number of hydrogen-bond acceptors (Lipinski definition) is 2. The molecule has 18 heavy (non-hydrogen) atoms. The van der Waals surface area contributed by atoms with Crippen molar-refractivity contribution in [3.8, 4) is 0 Å². The van der Waals surface area contributed by atoms with Crippen LogP contribution in [-0.2, 0) is 4.57 Å². The lowest BCUT2D eigenvalue weighted by molar-refractivity contribution is 0.0699. The first-order chi connectivity index (χ1) is 8.29. The summed E-state index contributed by atoms with van der Waals surface area (Å²) in [5.74, 6) is -0.878. The van der Waals surface area contributed by atoms with Crippen molar-refractivity contribution in [1.29, 1.82) is 0 Å². The molecule has 6 nitrogen and oxygen atoms in total. The molecule has 0 aromatic heterocycles. The predicted molar refractivity (Wildman–Crippen MR) is 65.2 cm³/mol. The van der Waals surface area contributed by atoms with E-state index in [1.54, 1.807) is 12.1 Å². The van der Waals surface area contributed by atoms with Crippen LogP contribution in [0.2, 0.25) is 0 Å². The van der Waals surface area contributed by atoms with Crippen LogP contribution in [0.3, 0.4) is 0 Å². The molecule has 0 heterocycles. The summed E-state index contributed by atoms with van der Waals surface area (Å²) < 4.78 is 8.88. The molecule has 7 heteroatoms. The highest BCUT2D eigenvalue weighted by atomic mass is 31.2. The summed E-state index contributed by atoms with van der Waals surface area (Å²) in [5, 5.41) is 10.6. The quantitative estimate of drug-likeness (QED) is 0.585. The zero-order chi connectivity index (χ0) is 13.8. The number of benzene rings is 2. The zero-order valence-electron chi connectivity index (χ0n) is 9.09. The van der Waals surface area contributed by atoms with Crippen molar-refractivity contribution < 1.29 is 29.1 Å². The van der Waals surface area contributed by atoms with E-state index in [1.165, 1.54) is 0 Å². The van der Waals surface area contributed by atoms with Crippen LogP contribution >= 0.6 is 7.82 Å². The molecule has 0 radical (unpaired) electrons. The maximum Gasteiger partial charge on any atom is 0.466 e. The van der Waals surface area contributed by atoms with Crippen molar-refractivity contribution in [3.63, 3.8) is 0 Å². The van der Waals surface area contributed by atoms with Gasteiger partial charge >= 0.3 is 13.8 Å². The van der Waals surface area contributed by atoms with E-state index in [1.807, 2.05) is 30.3 Å². The summed E-state index contributed by atoms with van der Waals surface area (Å²) in [7, 11) is -4.64. The monoisotopic (exact) mass is 270 g/mol. The van der Waals surface area contributed by atoms with Gasteiger partial charge in [-0.15, -0.1) is 0 Å². The Morgan fingerprint density at radius 1 is 0.944 bits per heavy atom. The summed E-state index contributed by atoms with van der Waals surface area (Å²) in [6.45, 7) is 0. The topological polar surface area (TPSA) is 115 Å². The van der Waals surface area contributed by atoms with Crippen molar-refractivity contribution in [2.45, 2.75) is 0 Å². The number of carbonyl (C=O) groups is 1. The molecule has 96 valence electrons. The zero-order valence-corrected chi connectivity index (χ0v) is 9.99. The molecule has 0 aliphatic carbocycles. The molecule has 2 aromatic carbocycles. The van der Waals surface area contributed by atoms with Gasteiger partial charge in [-0.25, -0.2) is 9.36 Å². The van der Waals surface area contributed by atoms with E-state index in [9.17, 15) is 4.79 Å². The van der Waals surface area contributed by atoms with Gasteiger partial charge in [-0.2, -0.15) is 0 Å². The van der Waals surface area contributed by atoms with Gasteiger partial charge in [-0.05, 0) is 16.8 Å². The number of carboxylic acid groups (broad SMARTS) is 1. The Morgan fingerprint density at radius 2 is 1.44 bits per heavy atom. The first-order valence-corrected chi connectivity index (χ1v) is 6.35. The highest BCUT2D eigenvalue weighted by molar-refractivity contribution is 7.45. The molecule has 0 amide bonds. The Labute approximate surface area is 102 Å². The first kappa shape index (κ1) is 14.3. The van der Waals surface area contributed by atoms with E-state index in [-0.39, 0.29) is 0 Å². The van der Waals surface area contributed by atoms with Gasteiger partial charge in [0.15, 0.2) is 0 Å². The Morgan fingerprint density at radius 3 is 2.00 bits per heavy atom. The fourth-order valence-corrected chi connectivity index (χ4v) is 1.41. The van der Waals surface area contributed by atoms with E-state index in [4.69, 9.17) is 24.4 Å². The molecule has 2 aromatic rings. The minimum Gasteiger partial charge on any atom is -0.478 e. The Balaban J connectivity index is 0.000000280. The number of phosphoric acid groups is 1. The lowest BCUT2D eigenvalue weighted by Crippen LogP contribution is -1.96. The summed E-state index contributed by atoms with van der Waals surface area (Å²) in [5.41, 5.74) is 0.359. The lowest BCUT2D eigenvalue weighted by atomic mass is 10.1. The molecule has 0 unspecified atom stereocenters. The van der Waals surface area contributed by atoms with Crippen molar-refractivity contribution >= 4 is 24.6 Å². The minimum absolute atomic E-state index is 0.359. The van der Waals surface area contributed by atoms with Crippen LogP contribution in [0.25, 0.3) is 10.8 Å². The number of carboxylic acids is 1. The molecule has 0 bridgehead atoms. The van der Waals surface area contributed by atoms with Crippen LogP contribution in [0.15, 0.2) is 42.5 Å². The molecule has 0 aliphatic rings. The molecule has 0 fully saturated rings.